The van der Waals surface area contributed by atoms with Gasteiger partial charge in [-0.2, -0.15) is 0 Å². The average Bonchev–Trinajstić information content (AvgIpc) is 3.00. The highest BCUT2D eigenvalue weighted by Crippen LogP contribution is 2.33. The minimum Gasteiger partial charge on any atom is -0.353 e. The predicted molar refractivity (Wildman–Crippen MR) is 56.0 cm³/mol. The van der Waals surface area contributed by atoms with Crippen molar-refractivity contribution < 1.29 is 4.79 Å². The first-order valence-corrected chi connectivity index (χ1v) is 5.84. The van der Waals surface area contributed by atoms with Gasteiger partial charge in [-0.25, -0.2) is 0 Å². The number of amides is 1. The fraction of sp³-hybridized carbons (Fsp3) is 0.909. The molecule has 0 aromatic carbocycles. The molecule has 0 bridgehead atoms. The molecular weight excluding hydrogens is 176 g/mol. The van der Waals surface area contributed by atoms with Crippen molar-refractivity contribution in [1.82, 2.24) is 10.6 Å². The number of hydrogen-bond acceptors (Lipinski definition) is 2. The van der Waals surface area contributed by atoms with Crippen LogP contribution in [0.15, 0.2) is 0 Å². The summed E-state index contributed by atoms with van der Waals surface area (Å²) in [6.45, 7) is 2.10. The summed E-state index contributed by atoms with van der Waals surface area (Å²) in [5, 5.41) is 6.42. The molecule has 1 aliphatic heterocycles. The summed E-state index contributed by atoms with van der Waals surface area (Å²) in [5.41, 5.74) is 0. The fourth-order valence-electron chi connectivity index (χ4n) is 2.01. The molecule has 2 aliphatic rings. The van der Waals surface area contributed by atoms with Gasteiger partial charge in [-0.15, -0.1) is 0 Å². The second kappa shape index (κ2) is 4.78. The van der Waals surface area contributed by atoms with Gasteiger partial charge < -0.3 is 10.6 Å². The van der Waals surface area contributed by atoms with E-state index in [1.807, 2.05) is 0 Å². The van der Waals surface area contributed by atoms with Crippen molar-refractivity contribution in [2.75, 3.05) is 13.1 Å². The Hall–Kier alpha value is -0.570. The van der Waals surface area contributed by atoms with E-state index < -0.39 is 0 Å². The van der Waals surface area contributed by atoms with E-state index in [-0.39, 0.29) is 5.91 Å². The molecule has 0 atom stereocenters. The molecule has 1 aliphatic carbocycles. The van der Waals surface area contributed by atoms with Crippen LogP contribution in [-0.4, -0.2) is 25.0 Å². The molecule has 2 fully saturated rings. The number of carbonyl (C=O) groups excluding carboxylic acids is 1. The Kier molecular flexibility index (Phi) is 3.40. The summed E-state index contributed by atoms with van der Waals surface area (Å²) in [7, 11) is 0. The van der Waals surface area contributed by atoms with Crippen molar-refractivity contribution in [2.45, 2.75) is 44.6 Å². The third kappa shape index (κ3) is 3.29. The zero-order chi connectivity index (χ0) is 9.80. The first-order valence-electron chi connectivity index (χ1n) is 5.84. The molecule has 0 radical (unpaired) electrons. The van der Waals surface area contributed by atoms with E-state index in [4.69, 9.17) is 0 Å². The molecule has 3 nitrogen and oxygen atoms in total. The summed E-state index contributed by atoms with van der Waals surface area (Å²) in [4.78, 5) is 11.5. The minimum absolute atomic E-state index is 0.267. The van der Waals surface area contributed by atoms with Crippen LogP contribution in [0.25, 0.3) is 0 Å². The normalized spacial score (nSPS) is 23.4. The van der Waals surface area contributed by atoms with Gasteiger partial charge in [0.25, 0.3) is 0 Å². The molecule has 1 saturated carbocycles. The maximum atomic E-state index is 11.5. The van der Waals surface area contributed by atoms with Crippen molar-refractivity contribution in [2.24, 2.45) is 5.92 Å². The Labute approximate surface area is 85.6 Å². The molecule has 1 saturated heterocycles. The van der Waals surface area contributed by atoms with Crippen LogP contribution in [-0.2, 0) is 4.79 Å². The Morgan fingerprint density at radius 3 is 2.57 bits per heavy atom. The van der Waals surface area contributed by atoms with E-state index >= 15 is 0 Å². The molecule has 0 spiro atoms. The molecule has 3 heteroatoms. The van der Waals surface area contributed by atoms with Gasteiger partial charge in [0.2, 0.25) is 5.91 Å². The highest BCUT2D eigenvalue weighted by atomic mass is 16.1. The lowest BCUT2D eigenvalue weighted by Gasteiger charge is -2.23. The summed E-state index contributed by atoms with van der Waals surface area (Å²) in [6.07, 6.45) is 6.73. The third-order valence-electron chi connectivity index (χ3n) is 3.18. The van der Waals surface area contributed by atoms with Crippen LogP contribution in [0.2, 0.25) is 0 Å². The smallest absolute Gasteiger partial charge is 0.220 e. The SMILES string of the molecule is O=C(CCC1CC1)NC1CCNCC1. The Bertz CT molecular complexity index is 195. The molecule has 2 N–H and O–H groups in total. The van der Waals surface area contributed by atoms with Crippen LogP contribution >= 0.6 is 0 Å². The molecule has 14 heavy (non-hydrogen) atoms. The maximum absolute atomic E-state index is 11.5. The number of piperidine rings is 1. The summed E-state index contributed by atoms with van der Waals surface area (Å²) >= 11 is 0. The number of carbonyl (C=O) groups is 1. The Balaban J connectivity index is 1.59. The van der Waals surface area contributed by atoms with Gasteiger partial charge >= 0.3 is 0 Å². The van der Waals surface area contributed by atoms with Gasteiger partial charge in [0, 0.05) is 12.5 Å². The second-order valence-corrected chi connectivity index (χ2v) is 4.57. The molecule has 1 heterocycles. The predicted octanol–water partition coefficient (Wildman–Crippen LogP) is 1.04. The fourth-order valence-corrected chi connectivity index (χ4v) is 2.01. The first kappa shape index (κ1) is 9.97. The van der Waals surface area contributed by atoms with Gasteiger partial charge in [-0.3, -0.25) is 4.79 Å². The lowest BCUT2D eigenvalue weighted by Crippen LogP contribution is -2.42. The standard InChI is InChI=1S/C11H20N2O/c14-11(4-3-9-1-2-9)13-10-5-7-12-8-6-10/h9-10,12H,1-8H2,(H,13,14). The van der Waals surface area contributed by atoms with Gasteiger partial charge in [0.15, 0.2) is 0 Å². The molecule has 0 aromatic rings. The van der Waals surface area contributed by atoms with E-state index in [2.05, 4.69) is 10.6 Å². The van der Waals surface area contributed by atoms with Crippen LogP contribution in [0.1, 0.15) is 38.5 Å². The highest BCUT2D eigenvalue weighted by molar-refractivity contribution is 5.76. The van der Waals surface area contributed by atoms with Crippen molar-refractivity contribution in [3.05, 3.63) is 0 Å². The second-order valence-electron chi connectivity index (χ2n) is 4.57. The molecule has 0 aromatic heterocycles. The third-order valence-corrected chi connectivity index (χ3v) is 3.18. The number of hydrogen-bond donors (Lipinski definition) is 2. The van der Waals surface area contributed by atoms with E-state index in [1.165, 1.54) is 12.8 Å². The molecule has 1 amide bonds. The van der Waals surface area contributed by atoms with Crippen LogP contribution in [0.3, 0.4) is 0 Å². The molecule has 2 rings (SSSR count). The van der Waals surface area contributed by atoms with Crippen molar-refractivity contribution in [1.29, 1.82) is 0 Å². The minimum atomic E-state index is 0.267. The zero-order valence-electron chi connectivity index (χ0n) is 8.72. The zero-order valence-corrected chi connectivity index (χ0v) is 8.72. The Morgan fingerprint density at radius 2 is 1.93 bits per heavy atom. The lowest BCUT2D eigenvalue weighted by atomic mass is 10.1. The van der Waals surface area contributed by atoms with Crippen molar-refractivity contribution >= 4 is 5.91 Å². The van der Waals surface area contributed by atoms with Gasteiger partial charge in [-0.05, 0) is 38.3 Å². The van der Waals surface area contributed by atoms with Crippen LogP contribution in [0.4, 0.5) is 0 Å². The quantitative estimate of drug-likeness (QED) is 0.705. The summed E-state index contributed by atoms with van der Waals surface area (Å²) in [5.74, 6) is 1.14. The largest absolute Gasteiger partial charge is 0.353 e. The van der Waals surface area contributed by atoms with Gasteiger partial charge in [0.1, 0.15) is 0 Å². The lowest BCUT2D eigenvalue weighted by molar-refractivity contribution is -0.122. The Morgan fingerprint density at radius 1 is 1.21 bits per heavy atom. The molecule has 0 unspecified atom stereocenters. The van der Waals surface area contributed by atoms with Gasteiger partial charge in [0.05, 0.1) is 0 Å². The summed E-state index contributed by atoms with van der Waals surface area (Å²) < 4.78 is 0. The first-order chi connectivity index (χ1) is 6.84. The number of rotatable bonds is 4. The topological polar surface area (TPSA) is 41.1 Å². The average molecular weight is 196 g/mol. The molecule has 80 valence electrons. The van der Waals surface area contributed by atoms with Crippen LogP contribution in [0, 0.1) is 5.92 Å². The van der Waals surface area contributed by atoms with E-state index in [0.29, 0.717) is 6.04 Å². The van der Waals surface area contributed by atoms with E-state index in [1.54, 1.807) is 0 Å². The van der Waals surface area contributed by atoms with Gasteiger partial charge in [-0.1, -0.05) is 12.8 Å². The van der Waals surface area contributed by atoms with Crippen molar-refractivity contribution in [3.8, 4) is 0 Å². The van der Waals surface area contributed by atoms with E-state index in [0.717, 1.165) is 44.7 Å². The highest BCUT2D eigenvalue weighted by Gasteiger charge is 2.22. The van der Waals surface area contributed by atoms with Crippen LogP contribution in [0.5, 0.6) is 0 Å². The van der Waals surface area contributed by atoms with Crippen LogP contribution < -0.4 is 10.6 Å². The number of nitrogens with one attached hydrogen (secondary N) is 2. The maximum Gasteiger partial charge on any atom is 0.220 e. The van der Waals surface area contributed by atoms with Crippen molar-refractivity contribution in [3.63, 3.8) is 0 Å². The monoisotopic (exact) mass is 196 g/mol. The summed E-state index contributed by atoms with van der Waals surface area (Å²) in [6, 6.07) is 0.433. The van der Waals surface area contributed by atoms with E-state index in [9.17, 15) is 4.79 Å². The molecular formula is C11H20N2O.